The second-order valence-corrected chi connectivity index (χ2v) is 4.57. The molecule has 1 unspecified atom stereocenters. The molecule has 5 nitrogen and oxygen atoms in total. The van der Waals surface area contributed by atoms with Crippen molar-refractivity contribution in [1.82, 2.24) is 5.06 Å². The van der Waals surface area contributed by atoms with Crippen molar-refractivity contribution >= 4 is 11.8 Å². The Hall–Kier alpha value is -1.72. The number of imide groups is 1. The average molecular weight is 263 g/mol. The van der Waals surface area contributed by atoms with Crippen LogP contribution in [-0.2, 0) is 9.88 Å². The number of unbranched alkanes of at least 4 members (excludes halogenated alkanes) is 1. The molecular weight excluding hydrogens is 246 g/mol. The summed E-state index contributed by atoms with van der Waals surface area (Å²) in [6, 6.07) is 6.61. The number of nitrogens with zero attached hydrogens (tertiary/aromatic N) is 1. The molecule has 0 saturated heterocycles. The third-order valence-corrected chi connectivity index (χ3v) is 3.00. The molecule has 1 aliphatic rings. The average Bonchev–Trinajstić information content (AvgIpc) is 2.67. The Kier molecular flexibility index (Phi) is 4.29. The SMILES string of the molecule is CCCCC(C)OON1C(=O)c2ccccc2C1=O. The van der Waals surface area contributed by atoms with Gasteiger partial charge in [0.1, 0.15) is 0 Å². The quantitative estimate of drug-likeness (QED) is 0.450. The molecule has 0 bridgehead atoms. The molecule has 2 rings (SSSR count). The summed E-state index contributed by atoms with van der Waals surface area (Å²) in [5.74, 6) is -0.966. The van der Waals surface area contributed by atoms with E-state index in [0.717, 1.165) is 19.3 Å². The Bertz CT molecular complexity index is 451. The van der Waals surface area contributed by atoms with Crippen molar-refractivity contribution in [2.75, 3.05) is 0 Å². The van der Waals surface area contributed by atoms with Crippen molar-refractivity contribution in [3.05, 3.63) is 35.4 Å². The lowest BCUT2D eigenvalue weighted by molar-refractivity contribution is -0.405. The summed E-state index contributed by atoms with van der Waals surface area (Å²) >= 11 is 0. The first-order chi connectivity index (χ1) is 9.15. The minimum Gasteiger partial charge on any atom is -0.266 e. The molecule has 0 aromatic heterocycles. The van der Waals surface area contributed by atoms with E-state index in [1.165, 1.54) is 0 Å². The Balaban J connectivity index is 1.97. The molecule has 1 heterocycles. The molecule has 0 N–H and O–H groups in total. The predicted octanol–water partition coefficient (Wildman–Crippen LogP) is 2.72. The van der Waals surface area contributed by atoms with Gasteiger partial charge in [0.15, 0.2) is 0 Å². The van der Waals surface area contributed by atoms with Gasteiger partial charge >= 0.3 is 0 Å². The van der Waals surface area contributed by atoms with Gasteiger partial charge in [0.25, 0.3) is 11.8 Å². The Morgan fingerprint density at radius 3 is 2.26 bits per heavy atom. The second kappa shape index (κ2) is 5.95. The molecular formula is C14H17NO4. The van der Waals surface area contributed by atoms with E-state index in [4.69, 9.17) is 9.88 Å². The Morgan fingerprint density at radius 1 is 1.16 bits per heavy atom. The molecule has 0 radical (unpaired) electrons. The number of benzene rings is 1. The highest BCUT2D eigenvalue weighted by Gasteiger charge is 2.37. The highest BCUT2D eigenvalue weighted by molar-refractivity contribution is 6.20. The van der Waals surface area contributed by atoms with Gasteiger partial charge in [0, 0.05) is 0 Å². The summed E-state index contributed by atoms with van der Waals surface area (Å²) in [7, 11) is 0. The molecule has 0 aliphatic carbocycles. The highest BCUT2D eigenvalue weighted by Crippen LogP contribution is 2.23. The number of hydrogen-bond acceptors (Lipinski definition) is 4. The molecule has 19 heavy (non-hydrogen) atoms. The minimum absolute atomic E-state index is 0.163. The summed E-state index contributed by atoms with van der Waals surface area (Å²) in [5, 5.41) is 0.674. The molecule has 2 amide bonds. The fourth-order valence-corrected chi connectivity index (χ4v) is 1.89. The predicted molar refractivity (Wildman–Crippen MR) is 68.1 cm³/mol. The van der Waals surface area contributed by atoms with Crippen molar-refractivity contribution in [1.29, 1.82) is 0 Å². The summed E-state index contributed by atoms with van der Waals surface area (Å²) < 4.78 is 0. The van der Waals surface area contributed by atoms with Crippen molar-refractivity contribution < 1.29 is 19.5 Å². The Morgan fingerprint density at radius 2 is 1.74 bits per heavy atom. The Labute approximate surface area is 112 Å². The normalized spacial score (nSPS) is 15.8. The number of carbonyl (C=O) groups is 2. The summed E-state index contributed by atoms with van der Waals surface area (Å²) in [6.07, 6.45) is 2.72. The minimum atomic E-state index is -0.483. The summed E-state index contributed by atoms with van der Waals surface area (Å²) in [6.45, 7) is 3.92. The highest BCUT2D eigenvalue weighted by atomic mass is 17.3. The van der Waals surface area contributed by atoms with Crippen molar-refractivity contribution in [2.24, 2.45) is 0 Å². The first-order valence-electron chi connectivity index (χ1n) is 6.46. The smallest absolute Gasteiger partial charge is 0.266 e. The van der Waals surface area contributed by atoms with Gasteiger partial charge in [-0.15, -0.1) is 10.1 Å². The van der Waals surface area contributed by atoms with Crippen LogP contribution in [0.1, 0.15) is 53.8 Å². The topological polar surface area (TPSA) is 55.8 Å². The van der Waals surface area contributed by atoms with Crippen LogP contribution in [-0.4, -0.2) is 23.0 Å². The van der Waals surface area contributed by atoms with Crippen LogP contribution in [0.15, 0.2) is 24.3 Å². The molecule has 1 aromatic carbocycles. The zero-order chi connectivity index (χ0) is 13.8. The number of carbonyl (C=O) groups excluding carboxylic acids is 2. The van der Waals surface area contributed by atoms with Crippen molar-refractivity contribution in [2.45, 2.75) is 39.2 Å². The molecule has 0 saturated carbocycles. The monoisotopic (exact) mass is 263 g/mol. The van der Waals surface area contributed by atoms with Crippen LogP contribution >= 0.6 is 0 Å². The zero-order valence-corrected chi connectivity index (χ0v) is 11.1. The fraction of sp³-hybridized carbons (Fsp3) is 0.429. The first-order valence-corrected chi connectivity index (χ1v) is 6.46. The van der Waals surface area contributed by atoms with Crippen LogP contribution in [0.5, 0.6) is 0 Å². The molecule has 0 fully saturated rings. The third-order valence-electron chi connectivity index (χ3n) is 3.00. The van der Waals surface area contributed by atoms with Crippen molar-refractivity contribution in [3.63, 3.8) is 0 Å². The van der Waals surface area contributed by atoms with Crippen LogP contribution in [0.4, 0.5) is 0 Å². The summed E-state index contributed by atoms with van der Waals surface area (Å²) in [5.41, 5.74) is 0.689. The lowest BCUT2D eigenvalue weighted by Crippen LogP contribution is -2.31. The second-order valence-electron chi connectivity index (χ2n) is 4.57. The van der Waals surface area contributed by atoms with E-state index in [1.807, 2.05) is 6.92 Å². The van der Waals surface area contributed by atoms with E-state index in [2.05, 4.69) is 6.92 Å². The van der Waals surface area contributed by atoms with Gasteiger partial charge in [-0.1, -0.05) is 31.9 Å². The largest absolute Gasteiger partial charge is 0.288 e. The van der Waals surface area contributed by atoms with Gasteiger partial charge < -0.3 is 0 Å². The van der Waals surface area contributed by atoms with E-state index in [9.17, 15) is 9.59 Å². The molecule has 5 heteroatoms. The van der Waals surface area contributed by atoms with Crippen LogP contribution in [0.25, 0.3) is 0 Å². The van der Waals surface area contributed by atoms with Gasteiger partial charge in [-0.05, 0) is 25.5 Å². The van der Waals surface area contributed by atoms with Gasteiger partial charge in [-0.3, -0.25) is 9.59 Å². The first kappa shape index (κ1) is 13.7. The van der Waals surface area contributed by atoms with E-state index in [0.29, 0.717) is 16.2 Å². The van der Waals surface area contributed by atoms with Gasteiger partial charge in [0.2, 0.25) is 0 Å². The van der Waals surface area contributed by atoms with E-state index >= 15 is 0 Å². The molecule has 1 atom stereocenters. The molecule has 102 valence electrons. The number of hydroxylamine groups is 2. The number of hydrogen-bond donors (Lipinski definition) is 0. The maximum absolute atomic E-state index is 11.9. The lowest BCUT2D eigenvalue weighted by Gasteiger charge is -2.15. The van der Waals surface area contributed by atoms with Gasteiger partial charge in [-0.25, -0.2) is 4.89 Å². The number of rotatable bonds is 6. The van der Waals surface area contributed by atoms with E-state index in [1.54, 1.807) is 24.3 Å². The summed E-state index contributed by atoms with van der Waals surface area (Å²) in [4.78, 5) is 33.9. The fourth-order valence-electron chi connectivity index (χ4n) is 1.89. The van der Waals surface area contributed by atoms with Crippen LogP contribution in [0.3, 0.4) is 0 Å². The van der Waals surface area contributed by atoms with Gasteiger partial charge in [-0.2, -0.15) is 0 Å². The molecule has 1 aromatic rings. The maximum atomic E-state index is 11.9. The lowest BCUT2D eigenvalue weighted by atomic mass is 10.1. The van der Waals surface area contributed by atoms with Crippen LogP contribution < -0.4 is 0 Å². The molecule has 1 aliphatic heterocycles. The van der Waals surface area contributed by atoms with Gasteiger partial charge in [0.05, 0.1) is 17.2 Å². The van der Waals surface area contributed by atoms with E-state index in [-0.39, 0.29) is 6.10 Å². The third kappa shape index (κ3) is 2.83. The zero-order valence-electron chi connectivity index (χ0n) is 11.1. The number of amides is 2. The van der Waals surface area contributed by atoms with Crippen LogP contribution in [0.2, 0.25) is 0 Å². The maximum Gasteiger partial charge on any atom is 0.288 e. The van der Waals surface area contributed by atoms with E-state index < -0.39 is 11.8 Å². The standard InChI is InChI=1S/C14H17NO4/c1-3-4-7-10(2)18-19-15-13(16)11-8-5-6-9-12(11)14(15)17/h5-6,8-10H,3-4,7H2,1-2H3. The van der Waals surface area contributed by atoms with Crippen LogP contribution in [0, 0.1) is 0 Å². The van der Waals surface area contributed by atoms with Crippen molar-refractivity contribution in [3.8, 4) is 0 Å². The number of fused-ring (bicyclic) bond motifs is 1. The molecule has 0 spiro atoms.